The lowest BCUT2D eigenvalue weighted by Crippen LogP contribution is -2.30. The van der Waals surface area contributed by atoms with Gasteiger partial charge in [0.15, 0.2) is 0 Å². The molecule has 2 atom stereocenters. The minimum absolute atomic E-state index is 0.470. The molecule has 0 radical (unpaired) electrons. The SMILES string of the molecule is CC1(F)C(O)c2c(ccc(Oc3cc(F)cc(F)c3)c2C(F)F)S1(=O)=O. The highest BCUT2D eigenvalue weighted by atomic mass is 32.2. The van der Waals surface area contributed by atoms with E-state index in [1.54, 1.807) is 0 Å². The molecule has 2 aromatic carbocycles. The van der Waals surface area contributed by atoms with Crippen molar-refractivity contribution in [2.45, 2.75) is 29.3 Å². The molecule has 1 aliphatic rings. The van der Waals surface area contributed by atoms with Crippen molar-refractivity contribution in [2.75, 3.05) is 0 Å². The molecule has 26 heavy (non-hydrogen) atoms. The topological polar surface area (TPSA) is 63.6 Å². The Morgan fingerprint density at radius 3 is 2.27 bits per heavy atom. The van der Waals surface area contributed by atoms with Gasteiger partial charge in [-0.05, 0) is 19.1 Å². The number of hydrogen-bond donors (Lipinski definition) is 1. The second-order valence-electron chi connectivity index (χ2n) is 5.79. The molecule has 0 aliphatic carbocycles. The van der Waals surface area contributed by atoms with Crippen molar-refractivity contribution < 1.29 is 40.2 Å². The summed E-state index contributed by atoms with van der Waals surface area (Å²) in [6.07, 6.45) is -5.73. The van der Waals surface area contributed by atoms with E-state index in [9.17, 15) is 35.5 Å². The van der Waals surface area contributed by atoms with Crippen molar-refractivity contribution in [2.24, 2.45) is 0 Å². The first-order chi connectivity index (χ1) is 12.0. The number of sulfone groups is 1. The maximum absolute atomic E-state index is 14.5. The van der Waals surface area contributed by atoms with Crippen LogP contribution in [0.15, 0.2) is 35.2 Å². The lowest BCUT2D eigenvalue weighted by Gasteiger charge is -2.18. The molecule has 1 aliphatic heterocycles. The third-order valence-electron chi connectivity index (χ3n) is 4.07. The highest BCUT2D eigenvalue weighted by Gasteiger charge is 2.57. The number of halogens is 5. The van der Waals surface area contributed by atoms with Crippen molar-refractivity contribution in [3.63, 3.8) is 0 Å². The van der Waals surface area contributed by atoms with Gasteiger partial charge >= 0.3 is 0 Å². The molecule has 0 spiro atoms. The molecule has 0 fully saturated rings. The van der Waals surface area contributed by atoms with Crippen molar-refractivity contribution in [3.8, 4) is 11.5 Å². The van der Waals surface area contributed by atoms with E-state index in [1.165, 1.54) is 0 Å². The Morgan fingerprint density at radius 2 is 1.73 bits per heavy atom. The first-order valence-electron chi connectivity index (χ1n) is 7.17. The zero-order valence-electron chi connectivity index (χ0n) is 13.0. The number of hydrogen-bond acceptors (Lipinski definition) is 4. The van der Waals surface area contributed by atoms with E-state index in [1.807, 2.05) is 0 Å². The molecule has 140 valence electrons. The highest BCUT2D eigenvalue weighted by Crippen LogP contribution is 2.53. The van der Waals surface area contributed by atoms with E-state index >= 15 is 0 Å². The van der Waals surface area contributed by atoms with Crippen molar-refractivity contribution in [1.82, 2.24) is 0 Å². The second-order valence-corrected chi connectivity index (χ2v) is 8.03. The van der Waals surface area contributed by atoms with Crippen LogP contribution in [0.25, 0.3) is 0 Å². The van der Waals surface area contributed by atoms with Gasteiger partial charge in [-0.3, -0.25) is 0 Å². The van der Waals surface area contributed by atoms with Crippen LogP contribution in [-0.2, 0) is 9.84 Å². The Kier molecular flexibility index (Phi) is 4.23. The van der Waals surface area contributed by atoms with Gasteiger partial charge in [0.2, 0.25) is 14.8 Å². The largest absolute Gasteiger partial charge is 0.457 e. The van der Waals surface area contributed by atoms with Gasteiger partial charge in [-0.25, -0.2) is 30.4 Å². The molecule has 10 heteroatoms. The second kappa shape index (κ2) is 5.92. The first kappa shape index (κ1) is 18.6. The minimum atomic E-state index is -4.72. The van der Waals surface area contributed by atoms with Crippen molar-refractivity contribution in [3.05, 3.63) is 53.1 Å². The predicted molar refractivity (Wildman–Crippen MR) is 79.5 cm³/mol. The monoisotopic (exact) mass is 394 g/mol. The maximum atomic E-state index is 14.5. The van der Waals surface area contributed by atoms with Gasteiger partial charge in [0.1, 0.15) is 29.2 Å². The zero-order valence-corrected chi connectivity index (χ0v) is 13.8. The molecule has 3 rings (SSSR count). The van der Waals surface area contributed by atoms with Crippen LogP contribution in [0.1, 0.15) is 30.6 Å². The predicted octanol–water partition coefficient (Wildman–Crippen LogP) is 4.20. The Bertz CT molecular complexity index is 968. The number of ether oxygens (including phenoxy) is 1. The number of rotatable bonds is 3. The van der Waals surface area contributed by atoms with Gasteiger partial charge in [-0.2, -0.15) is 0 Å². The van der Waals surface area contributed by atoms with Gasteiger partial charge in [0.25, 0.3) is 6.43 Å². The van der Waals surface area contributed by atoms with Crippen LogP contribution >= 0.6 is 0 Å². The number of benzene rings is 2. The Hall–Kier alpha value is -2.20. The van der Waals surface area contributed by atoms with E-state index in [0.29, 0.717) is 13.0 Å². The van der Waals surface area contributed by atoms with Crippen LogP contribution in [0, 0.1) is 11.6 Å². The number of aliphatic hydroxyl groups is 1. The van der Waals surface area contributed by atoms with Crippen LogP contribution in [0.5, 0.6) is 11.5 Å². The Balaban J connectivity index is 2.20. The summed E-state index contributed by atoms with van der Waals surface area (Å²) in [4.78, 5) is -0.789. The molecule has 2 unspecified atom stereocenters. The lowest BCUT2D eigenvalue weighted by atomic mass is 9.99. The Labute approximate surface area is 144 Å². The molecule has 4 nitrogen and oxygen atoms in total. The molecular formula is C16H11F5O4S. The number of alkyl halides is 3. The average molecular weight is 394 g/mol. The standard InChI is InChI=1S/C16H11F5O4S/c1-16(21)14(22)13-11(26(16,23)24)3-2-10(12(13)15(19)20)25-9-5-7(17)4-8(18)6-9/h2-6,14-15,22H,1H3. The lowest BCUT2D eigenvalue weighted by molar-refractivity contribution is 0.0596. The molecule has 0 amide bonds. The minimum Gasteiger partial charge on any atom is -0.457 e. The number of fused-ring (bicyclic) bond motifs is 1. The summed E-state index contributed by atoms with van der Waals surface area (Å²) < 4.78 is 97.4. The van der Waals surface area contributed by atoms with Crippen LogP contribution in [0.4, 0.5) is 22.0 Å². The summed E-state index contributed by atoms with van der Waals surface area (Å²) in [6, 6.07) is 3.59. The van der Waals surface area contributed by atoms with Crippen LogP contribution in [-0.4, -0.2) is 18.5 Å². The van der Waals surface area contributed by atoms with Crippen LogP contribution in [0.2, 0.25) is 0 Å². The summed E-state index contributed by atoms with van der Waals surface area (Å²) in [6.45, 7) is 0.560. The van der Waals surface area contributed by atoms with Crippen LogP contribution < -0.4 is 4.74 Å². The molecule has 2 aromatic rings. The smallest absolute Gasteiger partial charge is 0.267 e. The highest BCUT2D eigenvalue weighted by molar-refractivity contribution is 7.93. The van der Waals surface area contributed by atoms with Crippen molar-refractivity contribution >= 4 is 9.84 Å². The quantitative estimate of drug-likeness (QED) is 0.793. The fraction of sp³-hybridized carbons (Fsp3) is 0.250. The van der Waals surface area contributed by atoms with Gasteiger partial charge < -0.3 is 9.84 Å². The van der Waals surface area contributed by atoms with Crippen molar-refractivity contribution in [1.29, 1.82) is 0 Å². The molecule has 0 aromatic heterocycles. The van der Waals surface area contributed by atoms with Gasteiger partial charge in [-0.1, -0.05) is 0 Å². The van der Waals surface area contributed by atoms with E-state index in [4.69, 9.17) is 4.74 Å². The molecule has 1 N–H and O–H groups in total. The fourth-order valence-corrected chi connectivity index (χ4v) is 4.36. The van der Waals surface area contributed by atoms with E-state index in [0.717, 1.165) is 24.3 Å². The van der Waals surface area contributed by atoms with E-state index in [-0.39, 0.29) is 0 Å². The number of aliphatic hydroxyl groups excluding tert-OH is 1. The zero-order chi connectivity index (χ0) is 19.4. The summed E-state index contributed by atoms with van der Waals surface area (Å²) in [5.74, 6) is -3.18. The summed E-state index contributed by atoms with van der Waals surface area (Å²) in [7, 11) is -4.72. The Morgan fingerprint density at radius 1 is 1.15 bits per heavy atom. The van der Waals surface area contributed by atoms with Gasteiger partial charge in [-0.15, -0.1) is 0 Å². The summed E-state index contributed by atoms with van der Waals surface area (Å²) in [5.41, 5.74) is -1.90. The molecule has 0 bridgehead atoms. The maximum Gasteiger partial charge on any atom is 0.267 e. The average Bonchev–Trinajstić information content (AvgIpc) is 2.64. The summed E-state index contributed by atoms with van der Waals surface area (Å²) >= 11 is 0. The third kappa shape index (κ3) is 2.64. The van der Waals surface area contributed by atoms with E-state index < -0.39 is 66.5 Å². The van der Waals surface area contributed by atoms with Crippen LogP contribution in [0.3, 0.4) is 0 Å². The van der Waals surface area contributed by atoms with E-state index in [2.05, 4.69) is 0 Å². The first-order valence-corrected chi connectivity index (χ1v) is 8.65. The third-order valence-corrected chi connectivity index (χ3v) is 6.28. The molecule has 1 heterocycles. The van der Waals surface area contributed by atoms with Gasteiger partial charge in [0.05, 0.1) is 10.5 Å². The van der Waals surface area contributed by atoms with Gasteiger partial charge in [0, 0.05) is 23.8 Å². The molecular weight excluding hydrogens is 383 g/mol. The molecule has 0 saturated heterocycles. The summed E-state index contributed by atoms with van der Waals surface area (Å²) in [5, 5.41) is 6.78. The molecule has 0 saturated carbocycles. The normalized spacial score (nSPS) is 23.9. The fourth-order valence-electron chi connectivity index (χ4n) is 2.76.